The van der Waals surface area contributed by atoms with E-state index in [1.54, 1.807) is 24.9 Å². The third-order valence-electron chi connectivity index (χ3n) is 8.33. The Morgan fingerprint density at radius 3 is 2.35 bits per heavy atom. The van der Waals surface area contributed by atoms with Gasteiger partial charge in [-0.25, -0.2) is 0 Å². The van der Waals surface area contributed by atoms with E-state index in [-0.39, 0.29) is 19.4 Å². The third-order valence-corrected chi connectivity index (χ3v) is 8.33. The normalized spacial score (nSPS) is 13.8. The number of carboxylic acids is 2. The number of allylic oxidation sites excluding steroid dienone is 4. The molecule has 0 fully saturated rings. The van der Waals surface area contributed by atoms with E-state index in [0.29, 0.717) is 36.7 Å². The molecule has 49 heavy (non-hydrogen) atoms. The van der Waals surface area contributed by atoms with Crippen LogP contribution < -0.4 is 9.47 Å². The molecule has 2 aromatic carbocycles. The van der Waals surface area contributed by atoms with Crippen LogP contribution >= 0.6 is 0 Å². The van der Waals surface area contributed by atoms with Gasteiger partial charge in [0.25, 0.3) is 0 Å². The summed E-state index contributed by atoms with van der Waals surface area (Å²) >= 11 is 0. The lowest BCUT2D eigenvalue weighted by Crippen LogP contribution is -2.07. The van der Waals surface area contributed by atoms with Crippen molar-refractivity contribution in [3.05, 3.63) is 120 Å². The van der Waals surface area contributed by atoms with Crippen molar-refractivity contribution in [2.45, 2.75) is 70.6 Å². The van der Waals surface area contributed by atoms with E-state index in [9.17, 15) is 14.7 Å². The Hall–Kier alpha value is -5.31. The number of unbranched alkanes of at least 4 members (excludes halogenated alkanes) is 3. The first kappa shape index (κ1) is 35.0. The highest BCUT2D eigenvalue weighted by Gasteiger charge is 2.18. The van der Waals surface area contributed by atoms with Gasteiger partial charge in [-0.3, -0.25) is 14.6 Å². The van der Waals surface area contributed by atoms with Crippen LogP contribution in [0, 0.1) is 0 Å². The number of ether oxygens (including phenoxy) is 4. The molecule has 1 aromatic heterocycles. The van der Waals surface area contributed by atoms with E-state index in [1.807, 2.05) is 48.5 Å². The summed E-state index contributed by atoms with van der Waals surface area (Å²) in [6.07, 6.45) is 20.3. The lowest BCUT2D eigenvalue weighted by molar-refractivity contribution is -0.138. The van der Waals surface area contributed by atoms with Crippen LogP contribution in [0.1, 0.15) is 74.5 Å². The predicted molar refractivity (Wildman–Crippen MR) is 187 cm³/mol. The number of carbonyl (C=O) groups is 2. The van der Waals surface area contributed by atoms with Gasteiger partial charge in [0, 0.05) is 30.8 Å². The van der Waals surface area contributed by atoms with Crippen molar-refractivity contribution < 1.29 is 38.7 Å². The Labute approximate surface area is 287 Å². The molecule has 9 heteroatoms. The van der Waals surface area contributed by atoms with Crippen molar-refractivity contribution in [1.82, 2.24) is 4.98 Å². The number of aryl methyl sites for hydroxylation is 1. The first-order valence-corrected chi connectivity index (χ1v) is 16.9. The molecule has 0 atom stereocenters. The summed E-state index contributed by atoms with van der Waals surface area (Å²) < 4.78 is 24.2. The minimum Gasteiger partial charge on any atom is -0.494 e. The van der Waals surface area contributed by atoms with Gasteiger partial charge in [-0.05, 0) is 109 Å². The highest BCUT2D eigenvalue weighted by Crippen LogP contribution is 2.35. The number of aromatic nitrogens is 1. The highest BCUT2D eigenvalue weighted by molar-refractivity contribution is 5.73. The molecule has 0 spiro atoms. The van der Waals surface area contributed by atoms with Crippen LogP contribution in [-0.4, -0.2) is 40.3 Å². The van der Waals surface area contributed by atoms with Crippen LogP contribution in [0.4, 0.5) is 0 Å². The molecule has 0 bridgehead atoms. The van der Waals surface area contributed by atoms with Gasteiger partial charge in [0.1, 0.15) is 24.0 Å². The average molecular weight is 666 g/mol. The molecule has 256 valence electrons. The molecule has 0 saturated heterocycles. The van der Waals surface area contributed by atoms with E-state index in [4.69, 9.17) is 24.1 Å². The number of nitrogens with zero attached hydrogens (tertiary/aromatic N) is 1. The van der Waals surface area contributed by atoms with Gasteiger partial charge in [-0.2, -0.15) is 0 Å². The fourth-order valence-electron chi connectivity index (χ4n) is 5.80. The molecule has 2 N–H and O–H groups in total. The quantitative estimate of drug-likeness (QED) is 0.121. The molecule has 0 amide bonds. The van der Waals surface area contributed by atoms with Gasteiger partial charge in [0.05, 0.1) is 13.2 Å². The molecule has 0 unspecified atom stereocenters. The van der Waals surface area contributed by atoms with E-state index in [1.165, 1.54) is 0 Å². The van der Waals surface area contributed by atoms with Crippen LogP contribution in [-0.2, 0) is 31.9 Å². The van der Waals surface area contributed by atoms with Crippen molar-refractivity contribution in [2.75, 3.05) is 13.2 Å². The molecule has 3 aromatic rings. The third kappa shape index (κ3) is 10.9. The summed E-state index contributed by atoms with van der Waals surface area (Å²) in [6.45, 7) is 0.832. The Bertz CT molecular complexity index is 1710. The molecule has 2 aliphatic rings. The van der Waals surface area contributed by atoms with Gasteiger partial charge >= 0.3 is 11.9 Å². The number of rotatable bonds is 19. The SMILES string of the molecule is O=C(O)CCCOc1cccc(CCCCCCOc2cc(C3=COC=C(C4=CC=CCC4)O3)cc(-c3ccncc3)c2)c1CCC(=O)O. The van der Waals surface area contributed by atoms with Crippen LogP contribution in [0.3, 0.4) is 0 Å². The first-order valence-electron chi connectivity index (χ1n) is 16.9. The van der Waals surface area contributed by atoms with Crippen LogP contribution in [0.2, 0.25) is 0 Å². The fraction of sp³-hybridized carbons (Fsp3) is 0.325. The van der Waals surface area contributed by atoms with Crippen molar-refractivity contribution in [3.63, 3.8) is 0 Å². The molecular weight excluding hydrogens is 622 g/mol. The number of benzene rings is 2. The standard InChI is InChI=1S/C40H43NO8/c42-39(43)15-9-23-48-36-14-8-13-30(35(36)16-17-40(44)45)10-4-1-2-7-22-47-34-25-32(29-18-20-41-21-19-29)24-33(26-34)38-28-46-27-37(49-38)31-11-5-3-6-12-31/h3,5,8,11,13-14,18-21,24-28H,1-2,4,6-7,9-10,12,15-17,22-23H2,(H,42,43)(H,44,45). The maximum absolute atomic E-state index is 11.3. The summed E-state index contributed by atoms with van der Waals surface area (Å²) in [7, 11) is 0. The summed E-state index contributed by atoms with van der Waals surface area (Å²) in [5.41, 5.74) is 5.93. The molecule has 0 saturated carbocycles. The van der Waals surface area contributed by atoms with Crippen LogP contribution in [0.25, 0.3) is 16.9 Å². The summed E-state index contributed by atoms with van der Waals surface area (Å²) in [6, 6.07) is 15.8. The van der Waals surface area contributed by atoms with Gasteiger partial charge in [0.2, 0.25) is 0 Å². The van der Waals surface area contributed by atoms with E-state index >= 15 is 0 Å². The van der Waals surface area contributed by atoms with E-state index in [0.717, 1.165) is 84.1 Å². The maximum atomic E-state index is 11.3. The van der Waals surface area contributed by atoms with Gasteiger partial charge in [0.15, 0.2) is 11.5 Å². The largest absolute Gasteiger partial charge is 0.494 e. The number of pyridine rings is 1. The number of carboxylic acid groups (broad SMARTS) is 2. The zero-order chi connectivity index (χ0) is 34.3. The lowest BCUT2D eigenvalue weighted by Gasteiger charge is -2.20. The van der Waals surface area contributed by atoms with E-state index < -0.39 is 11.9 Å². The molecule has 0 radical (unpaired) electrons. The second-order valence-electron chi connectivity index (χ2n) is 12.0. The molecule has 1 aliphatic heterocycles. The predicted octanol–water partition coefficient (Wildman–Crippen LogP) is 8.65. The summed E-state index contributed by atoms with van der Waals surface area (Å²) in [5, 5.41) is 18.2. The summed E-state index contributed by atoms with van der Waals surface area (Å²) in [5.74, 6) is 0.984. The lowest BCUT2D eigenvalue weighted by atomic mass is 9.97. The zero-order valence-corrected chi connectivity index (χ0v) is 27.6. The Kier molecular flexibility index (Phi) is 13.1. The van der Waals surface area contributed by atoms with Gasteiger partial charge in [-0.1, -0.05) is 43.2 Å². The topological polar surface area (TPSA) is 124 Å². The highest BCUT2D eigenvalue weighted by atomic mass is 16.5. The minimum absolute atomic E-state index is 0.00783. The smallest absolute Gasteiger partial charge is 0.303 e. The second-order valence-corrected chi connectivity index (χ2v) is 12.0. The first-order chi connectivity index (χ1) is 24.0. The van der Waals surface area contributed by atoms with Crippen LogP contribution in [0.15, 0.2) is 103 Å². The molecule has 5 rings (SSSR count). The Morgan fingerprint density at radius 1 is 0.776 bits per heavy atom. The second kappa shape index (κ2) is 18.3. The minimum atomic E-state index is -0.865. The number of aliphatic carboxylic acids is 2. The number of hydrogen-bond acceptors (Lipinski definition) is 7. The van der Waals surface area contributed by atoms with Gasteiger partial charge in [-0.15, -0.1) is 0 Å². The van der Waals surface area contributed by atoms with Crippen molar-refractivity contribution >= 4 is 17.7 Å². The molecule has 1 aliphatic carbocycles. The van der Waals surface area contributed by atoms with Crippen LogP contribution in [0.5, 0.6) is 11.5 Å². The fourth-order valence-corrected chi connectivity index (χ4v) is 5.80. The molecule has 9 nitrogen and oxygen atoms in total. The Morgan fingerprint density at radius 2 is 1.55 bits per heavy atom. The average Bonchev–Trinajstić information content (AvgIpc) is 3.13. The van der Waals surface area contributed by atoms with Crippen molar-refractivity contribution in [2.24, 2.45) is 0 Å². The van der Waals surface area contributed by atoms with Crippen molar-refractivity contribution in [3.8, 4) is 22.6 Å². The van der Waals surface area contributed by atoms with Crippen molar-refractivity contribution in [1.29, 1.82) is 0 Å². The monoisotopic (exact) mass is 665 g/mol. The zero-order valence-electron chi connectivity index (χ0n) is 27.6. The number of hydrogen-bond donors (Lipinski definition) is 2. The van der Waals surface area contributed by atoms with E-state index in [2.05, 4.69) is 23.2 Å². The Balaban J connectivity index is 1.15. The molecule has 2 heterocycles. The maximum Gasteiger partial charge on any atom is 0.303 e. The molecular formula is C40H43NO8. The van der Waals surface area contributed by atoms with Gasteiger partial charge < -0.3 is 29.2 Å². The summed E-state index contributed by atoms with van der Waals surface area (Å²) in [4.78, 5) is 26.3.